The van der Waals surface area contributed by atoms with Gasteiger partial charge < -0.3 is 14.8 Å². The lowest BCUT2D eigenvalue weighted by atomic mass is 10.2. The lowest BCUT2D eigenvalue weighted by Gasteiger charge is -2.12. The van der Waals surface area contributed by atoms with Crippen LogP contribution in [-0.2, 0) is 0 Å². The van der Waals surface area contributed by atoms with E-state index < -0.39 is 6.61 Å². The van der Waals surface area contributed by atoms with Crippen LogP contribution in [0.15, 0.2) is 18.2 Å². The van der Waals surface area contributed by atoms with Crippen LogP contribution in [0, 0.1) is 0 Å². The van der Waals surface area contributed by atoms with E-state index in [0.717, 1.165) is 18.7 Å². The molecule has 0 saturated heterocycles. The van der Waals surface area contributed by atoms with E-state index >= 15 is 0 Å². The third kappa shape index (κ3) is 5.77. The fourth-order valence-corrected chi connectivity index (χ4v) is 1.76. The summed E-state index contributed by atoms with van der Waals surface area (Å²) < 4.78 is 33.9. The number of alkyl halides is 2. The molecule has 1 N–H and O–H groups in total. The number of benzene rings is 1. The maximum absolute atomic E-state index is 12.3. The van der Waals surface area contributed by atoms with Gasteiger partial charge >= 0.3 is 6.61 Å². The highest BCUT2D eigenvalue weighted by Gasteiger charge is 2.11. The molecule has 0 amide bonds. The van der Waals surface area contributed by atoms with Crippen LogP contribution in [0.5, 0.6) is 11.5 Å². The van der Waals surface area contributed by atoms with Crippen LogP contribution in [-0.4, -0.2) is 20.3 Å². The monoisotopic (exact) mass is 273 g/mol. The van der Waals surface area contributed by atoms with Crippen LogP contribution >= 0.6 is 0 Å². The molecule has 19 heavy (non-hydrogen) atoms. The molecule has 0 fully saturated rings. The zero-order chi connectivity index (χ0) is 14.1. The average molecular weight is 273 g/mol. The second-order valence-corrected chi connectivity index (χ2v) is 4.23. The molecular formula is C14H21F2NO2. The fourth-order valence-electron chi connectivity index (χ4n) is 1.76. The van der Waals surface area contributed by atoms with E-state index in [1.807, 2.05) is 0 Å². The number of anilines is 1. The first-order valence-electron chi connectivity index (χ1n) is 6.54. The van der Waals surface area contributed by atoms with E-state index in [1.54, 1.807) is 12.1 Å². The fraction of sp³-hybridized carbons (Fsp3) is 0.571. The van der Waals surface area contributed by atoms with Crippen molar-refractivity contribution >= 4 is 5.69 Å². The van der Waals surface area contributed by atoms with Crippen LogP contribution in [0.2, 0.25) is 0 Å². The lowest BCUT2D eigenvalue weighted by Crippen LogP contribution is -2.05. The van der Waals surface area contributed by atoms with E-state index in [2.05, 4.69) is 17.0 Å². The Bertz CT molecular complexity index is 372. The molecular weight excluding hydrogens is 252 g/mol. The van der Waals surface area contributed by atoms with Crippen molar-refractivity contribution in [2.75, 3.05) is 19.0 Å². The Labute approximate surface area is 112 Å². The summed E-state index contributed by atoms with van der Waals surface area (Å²) in [5.41, 5.74) is 0.757. The molecule has 0 bridgehead atoms. The first-order chi connectivity index (χ1) is 9.17. The number of hydrogen-bond donors (Lipinski definition) is 1. The maximum atomic E-state index is 12.3. The molecule has 0 aliphatic heterocycles. The largest absolute Gasteiger partial charge is 0.493 e. The molecule has 0 radical (unpaired) electrons. The Balaban J connectivity index is 2.54. The molecule has 5 heteroatoms. The zero-order valence-corrected chi connectivity index (χ0v) is 11.4. The second kappa shape index (κ2) is 8.56. The first-order valence-corrected chi connectivity index (χ1v) is 6.54. The van der Waals surface area contributed by atoms with Crippen molar-refractivity contribution in [1.29, 1.82) is 0 Å². The molecule has 108 valence electrons. The summed E-state index contributed by atoms with van der Waals surface area (Å²) in [4.78, 5) is 0. The molecule has 3 nitrogen and oxygen atoms in total. The van der Waals surface area contributed by atoms with Gasteiger partial charge in [-0.3, -0.25) is 0 Å². The zero-order valence-electron chi connectivity index (χ0n) is 11.4. The van der Waals surface area contributed by atoms with Crippen molar-refractivity contribution in [3.63, 3.8) is 0 Å². The number of methoxy groups -OCH3 is 1. The number of rotatable bonds is 9. The van der Waals surface area contributed by atoms with E-state index in [1.165, 1.54) is 32.4 Å². The smallest absolute Gasteiger partial charge is 0.387 e. The van der Waals surface area contributed by atoms with Crippen molar-refractivity contribution in [2.45, 2.75) is 39.2 Å². The van der Waals surface area contributed by atoms with Crippen LogP contribution < -0.4 is 14.8 Å². The van der Waals surface area contributed by atoms with Crippen molar-refractivity contribution in [2.24, 2.45) is 0 Å². The molecule has 0 atom stereocenters. The molecule has 0 spiro atoms. The van der Waals surface area contributed by atoms with Gasteiger partial charge in [-0.15, -0.1) is 0 Å². The Kier molecular flexibility index (Phi) is 7.00. The number of halogens is 2. The van der Waals surface area contributed by atoms with Crippen LogP contribution in [0.3, 0.4) is 0 Å². The van der Waals surface area contributed by atoms with Crippen molar-refractivity contribution in [1.82, 2.24) is 0 Å². The van der Waals surface area contributed by atoms with Crippen molar-refractivity contribution in [3.8, 4) is 11.5 Å². The van der Waals surface area contributed by atoms with Gasteiger partial charge in [0, 0.05) is 18.3 Å². The van der Waals surface area contributed by atoms with Crippen LogP contribution in [0.4, 0.5) is 14.5 Å². The highest BCUT2D eigenvalue weighted by atomic mass is 19.3. The summed E-state index contributed by atoms with van der Waals surface area (Å²) in [6.07, 6.45) is 4.63. The van der Waals surface area contributed by atoms with Crippen LogP contribution in [0.1, 0.15) is 32.6 Å². The normalized spacial score (nSPS) is 10.6. The standard InChI is InChI=1S/C14H21F2NO2/c1-3-4-5-6-9-17-11-7-8-12(18-2)13(10-11)19-14(15)16/h7-8,10,14,17H,3-6,9H2,1-2H3. The van der Waals surface area contributed by atoms with Gasteiger partial charge in [0.05, 0.1) is 7.11 Å². The van der Waals surface area contributed by atoms with E-state index in [-0.39, 0.29) is 5.75 Å². The number of nitrogens with one attached hydrogen (secondary N) is 1. The Morgan fingerprint density at radius 2 is 1.95 bits per heavy atom. The minimum atomic E-state index is -2.85. The van der Waals surface area contributed by atoms with E-state index in [4.69, 9.17) is 4.74 Å². The van der Waals surface area contributed by atoms with Gasteiger partial charge in [-0.1, -0.05) is 26.2 Å². The molecule has 0 aromatic heterocycles. The predicted octanol–water partition coefficient (Wildman–Crippen LogP) is 4.29. The lowest BCUT2D eigenvalue weighted by molar-refractivity contribution is -0.0511. The third-order valence-electron chi connectivity index (χ3n) is 2.74. The molecule has 0 heterocycles. The molecule has 0 unspecified atom stereocenters. The summed E-state index contributed by atoms with van der Waals surface area (Å²) in [5.74, 6) is 0.355. The Morgan fingerprint density at radius 3 is 2.58 bits per heavy atom. The van der Waals surface area contributed by atoms with Gasteiger partial charge in [-0.2, -0.15) is 8.78 Å². The Hall–Kier alpha value is -1.52. The van der Waals surface area contributed by atoms with Crippen LogP contribution in [0.25, 0.3) is 0 Å². The summed E-state index contributed by atoms with van der Waals surface area (Å²) in [5, 5.41) is 3.19. The summed E-state index contributed by atoms with van der Waals surface area (Å²) in [7, 11) is 1.42. The molecule has 1 rings (SSSR count). The van der Waals surface area contributed by atoms with Gasteiger partial charge in [-0.25, -0.2) is 0 Å². The maximum Gasteiger partial charge on any atom is 0.387 e. The van der Waals surface area contributed by atoms with Gasteiger partial charge in [-0.05, 0) is 18.6 Å². The van der Waals surface area contributed by atoms with Crippen molar-refractivity contribution < 1.29 is 18.3 Å². The van der Waals surface area contributed by atoms with Crippen molar-refractivity contribution in [3.05, 3.63) is 18.2 Å². The molecule has 0 aliphatic carbocycles. The van der Waals surface area contributed by atoms with Gasteiger partial charge in [0.25, 0.3) is 0 Å². The average Bonchev–Trinajstić information content (AvgIpc) is 2.38. The highest BCUT2D eigenvalue weighted by molar-refractivity contribution is 5.54. The first kappa shape index (κ1) is 15.5. The third-order valence-corrected chi connectivity index (χ3v) is 2.74. The SMILES string of the molecule is CCCCCCNc1ccc(OC)c(OC(F)F)c1. The topological polar surface area (TPSA) is 30.5 Å². The number of unbranched alkanes of at least 4 members (excludes halogenated alkanes) is 3. The minimum absolute atomic E-state index is 0.0519. The Morgan fingerprint density at radius 1 is 1.16 bits per heavy atom. The predicted molar refractivity (Wildman–Crippen MR) is 72.3 cm³/mol. The second-order valence-electron chi connectivity index (χ2n) is 4.23. The van der Waals surface area contributed by atoms with Gasteiger partial charge in [0.15, 0.2) is 11.5 Å². The molecule has 0 saturated carbocycles. The summed E-state index contributed by atoms with van der Waals surface area (Å²) in [6, 6.07) is 4.94. The summed E-state index contributed by atoms with van der Waals surface area (Å²) in [6.45, 7) is 0.124. The highest BCUT2D eigenvalue weighted by Crippen LogP contribution is 2.31. The molecule has 1 aromatic carbocycles. The van der Waals surface area contributed by atoms with Gasteiger partial charge in [0.1, 0.15) is 0 Å². The quantitative estimate of drug-likeness (QED) is 0.681. The summed E-state index contributed by atoms with van der Waals surface area (Å²) >= 11 is 0. The molecule has 1 aromatic rings. The number of ether oxygens (including phenoxy) is 2. The number of hydrogen-bond acceptors (Lipinski definition) is 3. The molecule has 0 aliphatic rings. The van der Waals surface area contributed by atoms with E-state index in [0.29, 0.717) is 5.75 Å². The minimum Gasteiger partial charge on any atom is -0.493 e. The van der Waals surface area contributed by atoms with Gasteiger partial charge in [0.2, 0.25) is 0 Å². The van der Waals surface area contributed by atoms with E-state index in [9.17, 15) is 8.78 Å².